The van der Waals surface area contributed by atoms with Gasteiger partial charge in [-0.25, -0.2) is 13.1 Å². The third-order valence-electron chi connectivity index (χ3n) is 4.65. The van der Waals surface area contributed by atoms with E-state index in [0.29, 0.717) is 36.9 Å². The summed E-state index contributed by atoms with van der Waals surface area (Å²) in [6, 6.07) is 6.23. The highest BCUT2D eigenvalue weighted by Gasteiger charge is 2.25. The van der Waals surface area contributed by atoms with Crippen LogP contribution in [-0.4, -0.2) is 45.4 Å². The first-order valence-electron chi connectivity index (χ1n) is 8.81. The van der Waals surface area contributed by atoms with Crippen LogP contribution in [0.1, 0.15) is 43.5 Å². The number of hydrogen-bond acceptors (Lipinski definition) is 4. The average molecular weight is 404 g/mol. The summed E-state index contributed by atoms with van der Waals surface area (Å²) < 4.78 is 27.3. The van der Waals surface area contributed by atoms with E-state index in [9.17, 15) is 13.2 Å². The summed E-state index contributed by atoms with van der Waals surface area (Å²) in [6.07, 6.45) is 2.86. The largest absolute Gasteiger partial charge is 0.342 e. The van der Waals surface area contributed by atoms with Crippen LogP contribution < -0.4 is 10.5 Å². The highest BCUT2D eigenvalue weighted by molar-refractivity contribution is 7.89. The van der Waals surface area contributed by atoms with E-state index in [1.54, 1.807) is 24.1 Å². The molecule has 2 rings (SSSR count). The van der Waals surface area contributed by atoms with Crippen molar-refractivity contribution in [2.24, 2.45) is 17.6 Å². The molecule has 1 saturated carbocycles. The van der Waals surface area contributed by atoms with Crippen LogP contribution in [0.2, 0.25) is 0 Å². The van der Waals surface area contributed by atoms with Gasteiger partial charge < -0.3 is 10.6 Å². The molecule has 0 saturated heterocycles. The zero-order chi connectivity index (χ0) is 18.6. The number of hydrogen-bond donors (Lipinski definition) is 2. The third kappa shape index (κ3) is 6.54. The molecular formula is C18H30ClN3O3S. The van der Waals surface area contributed by atoms with Crippen molar-refractivity contribution in [2.75, 3.05) is 20.1 Å². The Labute approximate surface area is 163 Å². The van der Waals surface area contributed by atoms with Crippen molar-refractivity contribution in [3.63, 3.8) is 0 Å². The van der Waals surface area contributed by atoms with Gasteiger partial charge in [0.05, 0.1) is 4.90 Å². The highest BCUT2D eigenvalue weighted by Crippen LogP contribution is 2.28. The number of sulfonamides is 1. The topological polar surface area (TPSA) is 92.5 Å². The molecule has 1 aliphatic rings. The lowest BCUT2D eigenvalue weighted by Crippen LogP contribution is -2.34. The van der Waals surface area contributed by atoms with Gasteiger partial charge in [-0.3, -0.25) is 4.79 Å². The van der Waals surface area contributed by atoms with E-state index in [1.165, 1.54) is 12.1 Å². The van der Waals surface area contributed by atoms with Crippen molar-refractivity contribution in [3.8, 4) is 0 Å². The molecule has 1 amide bonds. The molecule has 1 unspecified atom stereocenters. The molecule has 148 valence electrons. The number of halogens is 1. The van der Waals surface area contributed by atoms with Crippen molar-refractivity contribution in [3.05, 3.63) is 29.8 Å². The minimum atomic E-state index is -3.57. The van der Waals surface area contributed by atoms with Crippen molar-refractivity contribution in [1.29, 1.82) is 0 Å². The molecule has 1 atom stereocenters. The third-order valence-corrected chi connectivity index (χ3v) is 6.07. The van der Waals surface area contributed by atoms with Crippen LogP contribution in [0.15, 0.2) is 29.2 Å². The van der Waals surface area contributed by atoms with Gasteiger partial charge >= 0.3 is 0 Å². The van der Waals surface area contributed by atoms with Gasteiger partial charge in [0.1, 0.15) is 0 Å². The summed E-state index contributed by atoms with van der Waals surface area (Å²) in [6.45, 7) is 5.10. The van der Waals surface area contributed by atoms with Gasteiger partial charge in [0, 0.05) is 31.7 Å². The normalized spacial score (nSPS) is 15.4. The van der Waals surface area contributed by atoms with Gasteiger partial charge in [-0.05, 0) is 49.3 Å². The lowest BCUT2D eigenvalue weighted by molar-refractivity contribution is 0.0789. The minimum Gasteiger partial charge on any atom is -0.342 e. The van der Waals surface area contributed by atoms with E-state index >= 15 is 0 Å². The Hall–Kier alpha value is -1.15. The first-order valence-corrected chi connectivity index (χ1v) is 10.3. The number of carbonyl (C=O) groups is 1. The fourth-order valence-corrected chi connectivity index (χ4v) is 3.59. The average Bonchev–Trinajstić information content (AvgIpc) is 3.41. The molecule has 0 aliphatic heterocycles. The molecular weight excluding hydrogens is 374 g/mol. The fourth-order valence-electron chi connectivity index (χ4n) is 2.43. The maximum Gasteiger partial charge on any atom is 0.253 e. The van der Waals surface area contributed by atoms with E-state index in [-0.39, 0.29) is 29.3 Å². The quantitative estimate of drug-likeness (QED) is 0.661. The second-order valence-electron chi connectivity index (χ2n) is 7.25. The smallest absolute Gasteiger partial charge is 0.253 e. The summed E-state index contributed by atoms with van der Waals surface area (Å²) in [5.41, 5.74) is 6.39. The molecule has 0 radical (unpaired) electrons. The Morgan fingerprint density at radius 1 is 1.35 bits per heavy atom. The molecule has 1 aromatic rings. The second kappa shape index (κ2) is 9.69. The number of nitrogens with one attached hydrogen (secondary N) is 1. The minimum absolute atomic E-state index is 0. The number of benzene rings is 1. The van der Waals surface area contributed by atoms with Gasteiger partial charge in [0.2, 0.25) is 10.0 Å². The molecule has 1 aromatic carbocycles. The number of amides is 1. The number of nitrogens with zero attached hydrogens (tertiary/aromatic N) is 1. The first-order chi connectivity index (χ1) is 11.7. The van der Waals surface area contributed by atoms with Gasteiger partial charge in [-0.2, -0.15) is 0 Å². The van der Waals surface area contributed by atoms with Crippen LogP contribution in [-0.2, 0) is 10.0 Å². The fraction of sp³-hybridized carbons (Fsp3) is 0.611. The van der Waals surface area contributed by atoms with Gasteiger partial charge in [0.15, 0.2) is 0 Å². The lowest BCUT2D eigenvalue weighted by atomic mass is 10.0. The van der Waals surface area contributed by atoms with E-state index < -0.39 is 10.0 Å². The Balaban J connectivity index is 0.00000338. The summed E-state index contributed by atoms with van der Waals surface area (Å²) in [5.74, 6) is 0.612. The Morgan fingerprint density at radius 2 is 2.00 bits per heavy atom. The van der Waals surface area contributed by atoms with Crippen LogP contribution in [0, 0.1) is 11.8 Å². The number of carbonyl (C=O) groups excluding carboxylic acids is 1. The summed E-state index contributed by atoms with van der Waals surface area (Å²) in [4.78, 5) is 14.3. The van der Waals surface area contributed by atoms with Crippen LogP contribution in [0.5, 0.6) is 0 Å². The zero-order valence-electron chi connectivity index (χ0n) is 15.6. The highest BCUT2D eigenvalue weighted by atomic mass is 35.5. The SMILES string of the molecule is CC(C)C(N)CCN(C)C(=O)c1cccc(S(=O)(=O)NCC2CC2)c1.Cl. The second-order valence-corrected chi connectivity index (χ2v) is 9.01. The predicted octanol–water partition coefficient (Wildman–Crippen LogP) is 2.24. The molecule has 6 nitrogen and oxygen atoms in total. The Morgan fingerprint density at radius 3 is 2.58 bits per heavy atom. The van der Waals surface area contributed by atoms with E-state index in [2.05, 4.69) is 18.6 Å². The standard InChI is InChI=1S/C18H29N3O3S.ClH/c1-13(2)17(19)9-10-21(3)18(22)15-5-4-6-16(11-15)25(23,24)20-12-14-7-8-14;/h4-6,11,13-14,17,20H,7-10,12,19H2,1-3H3;1H. The van der Waals surface area contributed by atoms with Gasteiger partial charge in [-0.15, -0.1) is 12.4 Å². The maximum absolute atomic E-state index is 12.6. The van der Waals surface area contributed by atoms with Crippen molar-refractivity contribution < 1.29 is 13.2 Å². The Kier molecular flexibility index (Phi) is 8.53. The van der Waals surface area contributed by atoms with Crippen LogP contribution in [0.4, 0.5) is 0 Å². The van der Waals surface area contributed by atoms with Crippen molar-refractivity contribution in [1.82, 2.24) is 9.62 Å². The molecule has 1 fully saturated rings. The van der Waals surface area contributed by atoms with E-state index in [4.69, 9.17) is 5.73 Å². The maximum atomic E-state index is 12.6. The summed E-state index contributed by atoms with van der Waals surface area (Å²) in [5, 5.41) is 0. The zero-order valence-corrected chi connectivity index (χ0v) is 17.3. The van der Waals surface area contributed by atoms with Crippen LogP contribution >= 0.6 is 12.4 Å². The van der Waals surface area contributed by atoms with Gasteiger partial charge in [-0.1, -0.05) is 19.9 Å². The lowest BCUT2D eigenvalue weighted by Gasteiger charge is -2.21. The van der Waals surface area contributed by atoms with Crippen LogP contribution in [0.3, 0.4) is 0 Å². The Bertz CT molecular complexity index is 705. The number of nitrogens with two attached hydrogens (primary N) is 1. The monoisotopic (exact) mass is 403 g/mol. The molecule has 0 bridgehead atoms. The molecule has 0 aromatic heterocycles. The van der Waals surface area contributed by atoms with Crippen LogP contribution in [0.25, 0.3) is 0 Å². The summed E-state index contributed by atoms with van der Waals surface area (Å²) >= 11 is 0. The number of rotatable bonds is 9. The van der Waals surface area contributed by atoms with Crippen molar-refractivity contribution in [2.45, 2.75) is 44.0 Å². The van der Waals surface area contributed by atoms with Crippen molar-refractivity contribution >= 4 is 28.3 Å². The summed E-state index contributed by atoms with van der Waals surface area (Å²) in [7, 11) is -1.86. The molecule has 0 heterocycles. The molecule has 1 aliphatic carbocycles. The first kappa shape index (κ1) is 22.9. The molecule has 3 N–H and O–H groups in total. The van der Waals surface area contributed by atoms with E-state index in [0.717, 1.165) is 12.8 Å². The molecule has 26 heavy (non-hydrogen) atoms. The predicted molar refractivity (Wildman–Crippen MR) is 106 cm³/mol. The van der Waals surface area contributed by atoms with E-state index in [1.807, 2.05) is 0 Å². The van der Waals surface area contributed by atoms with Gasteiger partial charge in [0.25, 0.3) is 5.91 Å². The molecule has 0 spiro atoms. The molecule has 8 heteroatoms.